The van der Waals surface area contributed by atoms with Crippen molar-refractivity contribution in [1.29, 1.82) is 0 Å². The van der Waals surface area contributed by atoms with E-state index >= 15 is 0 Å². The molecule has 5 heterocycles. The van der Waals surface area contributed by atoms with E-state index in [1.807, 2.05) is 25.3 Å². The highest BCUT2D eigenvalue weighted by atomic mass is 32.1. The van der Waals surface area contributed by atoms with Gasteiger partial charge in [-0.25, -0.2) is 4.52 Å². The zero-order valence-electron chi connectivity index (χ0n) is 21.0. The minimum absolute atomic E-state index is 0.0682. The number of likely N-dealkylation sites (tertiary alicyclic amines) is 1. The fourth-order valence-electron chi connectivity index (χ4n) is 4.74. The van der Waals surface area contributed by atoms with Crippen LogP contribution in [0.3, 0.4) is 0 Å². The van der Waals surface area contributed by atoms with E-state index in [1.165, 1.54) is 11.3 Å². The molecule has 3 N–H and O–H groups in total. The summed E-state index contributed by atoms with van der Waals surface area (Å²) in [6.45, 7) is 10.6. The number of carbonyl (C=O) groups is 2. The molecule has 2 aliphatic rings. The summed E-state index contributed by atoms with van der Waals surface area (Å²) in [6, 6.07) is 3.85. The van der Waals surface area contributed by atoms with E-state index in [2.05, 4.69) is 51.7 Å². The van der Waals surface area contributed by atoms with Crippen molar-refractivity contribution in [1.82, 2.24) is 35.4 Å². The Hall–Kier alpha value is -3.50. The molecule has 3 aromatic rings. The van der Waals surface area contributed by atoms with Crippen LogP contribution in [0.15, 0.2) is 54.4 Å². The highest BCUT2D eigenvalue weighted by Crippen LogP contribution is 2.32. The number of hydrogen-bond donors (Lipinski definition) is 3. The van der Waals surface area contributed by atoms with E-state index in [0.717, 1.165) is 40.5 Å². The van der Waals surface area contributed by atoms with Crippen molar-refractivity contribution in [3.63, 3.8) is 0 Å². The highest BCUT2D eigenvalue weighted by molar-refractivity contribution is 7.21. The Labute approximate surface area is 214 Å². The lowest BCUT2D eigenvalue weighted by atomic mass is 9.84. The van der Waals surface area contributed by atoms with Crippen molar-refractivity contribution in [2.24, 2.45) is 5.41 Å². The van der Waals surface area contributed by atoms with Crippen LogP contribution in [-0.4, -0.2) is 57.0 Å². The normalized spacial score (nSPS) is 19.2. The lowest BCUT2D eigenvalue weighted by Crippen LogP contribution is -2.55. The average Bonchev–Trinajstić information content (AvgIpc) is 3.41. The number of carbonyl (C=O) groups excluding carboxylic acids is 2. The van der Waals surface area contributed by atoms with Crippen LogP contribution in [0.25, 0.3) is 15.3 Å². The second kappa shape index (κ2) is 9.51. The van der Waals surface area contributed by atoms with Crippen LogP contribution in [0, 0.1) is 5.41 Å². The minimum atomic E-state index is -0.240. The van der Waals surface area contributed by atoms with Crippen molar-refractivity contribution >= 4 is 28.0 Å². The maximum atomic E-state index is 13.2. The lowest BCUT2D eigenvalue weighted by molar-refractivity contribution is -0.124. The molecule has 3 aromatic heterocycles. The van der Waals surface area contributed by atoms with Crippen LogP contribution < -0.4 is 16.0 Å². The Morgan fingerprint density at radius 3 is 2.83 bits per heavy atom. The smallest absolute Gasteiger partial charge is 0.260 e. The minimum Gasteiger partial charge on any atom is -0.381 e. The summed E-state index contributed by atoms with van der Waals surface area (Å²) in [5.74, 6) is -0.308. The summed E-state index contributed by atoms with van der Waals surface area (Å²) in [6.07, 6.45) is 9.72. The molecule has 0 spiro atoms. The molecular weight excluding hydrogens is 474 g/mol. The Morgan fingerprint density at radius 1 is 1.28 bits per heavy atom. The van der Waals surface area contributed by atoms with Gasteiger partial charge in [0.1, 0.15) is 4.83 Å². The van der Waals surface area contributed by atoms with Gasteiger partial charge in [0.15, 0.2) is 0 Å². The topological polar surface area (TPSA) is 104 Å². The third-order valence-electron chi connectivity index (χ3n) is 6.41. The standard InChI is InChI=1S/C26H31N7O2S/c1-5-20-18(7-6-8-27-20)22-12-33-25(36-22)19(11-29-33)24(35)31-21-9-17(10-28-16(21)2)30-23(34)13-32-14-26(3,4)15-32/h6-12,16,28H,5,13-15H2,1-4H3,(H,30,34)(H,31,35). The summed E-state index contributed by atoms with van der Waals surface area (Å²) in [7, 11) is 0. The molecule has 0 aromatic carbocycles. The van der Waals surface area contributed by atoms with Gasteiger partial charge in [0.2, 0.25) is 5.91 Å². The van der Waals surface area contributed by atoms with Gasteiger partial charge in [-0.1, -0.05) is 26.8 Å². The molecule has 0 bridgehead atoms. The molecule has 1 saturated heterocycles. The SMILES string of the molecule is CCc1ncccc1-c1cn2ncc(C(=O)NC3=CC(NC(=O)CN4CC(C)(C)C4)=CNC3C)c2s1. The van der Waals surface area contributed by atoms with Crippen LogP contribution in [0.4, 0.5) is 0 Å². The first-order valence-corrected chi connectivity index (χ1v) is 13.0. The number of nitrogens with zero attached hydrogens (tertiary/aromatic N) is 4. The number of pyridine rings is 1. The summed E-state index contributed by atoms with van der Waals surface area (Å²) in [5.41, 5.74) is 4.15. The monoisotopic (exact) mass is 505 g/mol. The molecule has 0 saturated carbocycles. The van der Waals surface area contributed by atoms with Crippen molar-refractivity contribution in [3.05, 3.63) is 65.7 Å². The Balaban J connectivity index is 1.28. The van der Waals surface area contributed by atoms with E-state index < -0.39 is 0 Å². The molecule has 1 fully saturated rings. The van der Waals surface area contributed by atoms with Crippen LogP contribution in [-0.2, 0) is 11.2 Å². The molecule has 1 unspecified atom stereocenters. The van der Waals surface area contributed by atoms with E-state index in [0.29, 0.717) is 23.5 Å². The van der Waals surface area contributed by atoms with E-state index in [1.54, 1.807) is 29.2 Å². The van der Waals surface area contributed by atoms with Gasteiger partial charge in [-0.3, -0.25) is 19.5 Å². The Kier molecular flexibility index (Phi) is 6.40. The fraction of sp³-hybridized carbons (Fsp3) is 0.385. The largest absolute Gasteiger partial charge is 0.381 e. The number of amides is 2. The maximum Gasteiger partial charge on any atom is 0.260 e. The van der Waals surface area contributed by atoms with E-state index in [-0.39, 0.29) is 23.3 Å². The van der Waals surface area contributed by atoms with E-state index in [9.17, 15) is 9.59 Å². The zero-order valence-corrected chi connectivity index (χ0v) is 21.8. The number of allylic oxidation sites excluding steroid dienone is 1. The summed E-state index contributed by atoms with van der Waals surface area (Å²) in [5, 5.41) is 13.6. The molecule has 1 atom stereocenters. The van der Waals surface area contributed by atoms with Crippen molar-refractivity contribution < 1.29 is 9.59 Å². The third-order valence-corrected chi connectivity index (χ3v) is 7.56. The van der Waals surface area contributed by atoms with Gasteiger partial charge in [0.05, 0.1) is 34.9 Å². The second-order valence-electron chi connectivity index (χ2n) is 10.2. The molecule has 10 heteroatoms. The third kappa shape index (κ3) is 4.91. The number of hydrogen-bond acceptors (Lipinski definition) is 7. The van der Waals surface area contributed by atoms with E-state index in [4.69, 9.17) is 0 Å². The second-order valence-corrected chi connectivity index (χ2v) is 11.2. The Bertz CT molecular complexity index is 1380. The van der Waals surface area contributed by atoms with Crippen LogP contribution in [0.5, 0.6) is 0 Å². The first-order valence-electron chi connectivity index (χ1n) is 12.2. The number of fused-ring (bicyclic) bond motifs is 1. The van der Waals surface area contributed by atoms with Gasteiger partial charge < -0.3 is 16.0 Å². The number of aryl methyl sites for hydroxylation is 1. The zero-order chi connectivity index (χ0) is 25.4. The molecule has 2 amide bonds. The van der Waals surface area contributed by atoms with Crippen molar-refractivity contribution in [2.45, 2.75) is 40.2 Å². The molecule has 5 rings (SSSR count). The van der Waals surface area contributed by atoms with Gasteiger partial charge >= 0.3 is 0 Å². The molecule has 36 heavy (non-hydrogen) atoms. The van der Waals surface area contributed by atoms with Gasteiger partial charge in [0.25, 0.3) is 5.91 Å². The van der Waals surface area contributed by atoms with Crippen molar-refractivity contribution in [3.8, 4) is 10.4 Å². The first kappa shape index (κ1) is 24.2. The van der Waals surface area contributed by atoms with Gasteiger partial charge in [0, 0.05) is 48.6 Å². The van der Waals surface area contributed by atoms with Crippen molar-refractivity contribution in [2.75, 3.05) is 19.6 Å². The quantitative estimate of drug-likeness (QED) is 0.456. The van der Waals surface area contributed by atoms with Crippen LogP contribution in [0.1, 0.15) is 43.7 Å². The summed E-state index contributed by atoms with van der Waals surface area (Å²) >= 11 is 1.52. The number of rotatable bonds is 7. The lowest BCUT2D eigenvalue weighted by Gasteiger charge is -2.45. The summed E-state index contributed by atoms with van der Waals surface area (Å²) in [4.78, 5) is 34.1. The molecule has 9 nitrogen and oxygen atoms in total. The predicted octanol–water partition coefficient (Wildman–Crippen LogP) is 2.93. The van der Waals surface area contributed by atoms with Crippen LogP contribution >= 0.6 is 11.3 Å². The molecule has 0 radical (unpaired) electrons. The Morgan fingerprint density at radius 2 is 2.08 bits per heavy atom. The maximum absolute atomic E-state index is 13.2. The predicted molar refractivity (Wildman–Crippen MR) is 140 cm³/mol. The summed E-state index contributed by atoms with van der Waals surface area (Å²) < 4.78 is 1.74. The van der Waals surface area contributed by atoms with Crippen LogP contribution in [0.2, 0.25) is 0 Å². The fourth-order valence-corrected chi connectivity index (χ4v) is 5.85. The molecular formula is C26H31N7O2S. The first-order chi connectivity index (χ1) is 17.2. The van der Waals surface area contributed by atoms with Gasteiger partial charge in [-0.15, -0.1) is 11.3 Å². The molecule has 0 aliphatic carbocycles. The highest BCUT2D eigenvalue weighted by Gasteiger charge is 2.34. The van der Waals surface area contributed by atoms with Gasteiger partial charge in [-0.05, 0) is 30.9 Å². The average molecular weight is 506 g/mol. The molecule has 188 valence electrons. The molecule has 2 aliphatic heterocycles. The van der Waals surface area contributed by atoms with Gasteiger partial charge in [-0.2, -0.15) is 5.10 Å². The number of dihydropyridines is 1. The number of nitrogens with one attached hydrogen (secondary N) is 3. The number of thiazole rings is 1. The number of aromatic nitrogens is 3.